The summed E-state index contributed by atoms with van der Waals surface area (Å²) in [6.07, 6.45) is 0. The lowest BCUT2D eigenvalue weighted by Gasteiger charge is -2.19. The fourth-order valence-corrected chi connectivity index (χ4v) is 3.88. The molecule has 3 aromatic carbocycles. The highest BCUT2D eigenvalue weighted by molar-refractivity contribution is 6.16. The minimum Gasteiger partial charge on any atom is -0.493 e. The van der Waals surface area contributed by atoms with E-state index < -0.39 is 0 Å². The molecule has 4 rings (SSSR count). The topological polar surface area (TPSA) is 43.7 Å². The van der Waals surface area contributed by atoms with Crippen molar-refractivity contribution >= 4 is 32.4 Å². The average molecular weight is 376 g/mol. The van der Waals surface area contributed by atoms with Crippen molar-refractivity contribution in [2.75, 3.05) is 34.9 Å². The third kappa shape index (κ3) is 2.79. The van der Waals surface area contributed by atoms with Crippen LogP contribution in [0, 0.1) is 0 Å². The number of benzene rings is 3. The second-order valence-corrected chi connectivity index (χ2v) is 7.17. The Morgan fingerprint density at radius 3 is 2.36 bits per heavy atom. The van der Waals surface area contributed by atoms with Crippen LogP contribution in [-0.4, -0.2) is 44.3 Å². The zero-order valence-electron chi connectivity index (χ0n) is 16.7. The van der Waals surface area contributed by atoms with Gasteiger partial charge < -0.3 is 18.9 Å². The number of hydrogen-bond acceptors (Lipinski definition) is 4. The summed E-state index contributed by atoms with van der Waals surface area (Å²) in [6, 6.07) is 16.2. The molecular weight excluding hydrogens is 352 g/mol. The van der Waals surface area contributed by atoms with E-state index >= 15 is 0 Å². The zero-order chi connectivity index (χ0) is 19.8. The lowest BCUT2D eigenvalue weighted by atomic mass is 10.00. The standard InChI is InChI=1S/C23H24N2O3/c1-24(2)13-14-25-21-16-8-6-5-7-15(16)9-10-18(21)17-11-12-19(27-3)22(28-4)20(17)23(25)26/h5-12H,13-14H2,1-4H3. The maximum atomic E-state index is 13.7. The van der Waals surface area contributed by atoms with Crippen LogP contribution in [0.5, 0.6) is 11.5 Å². The van der Waals surface area contributed by atoms with E-state index in [1.165, 1.54) is 0 Å². The molecule has 5 nitrogen and oxygen atoms in total. The molecule has 144 valence electrons. The van der Waals surface area contributed by atoms with E-state index in [1.807, 2.05) is 42.9 Å². The van der Waals surface area contributed by atoms with Crippen molar-refractivity contribution in [3.8, 4) is 11.5 Å². The zero-order valence-corrected chi connectivity index (χ0v) is 16.7. The molecule has 0 saturated heterocycles. The summed E-state index contributed by atoms with van der Waals surface area (Å²) in [6.45, 7) is 1.35. The first-order valence-corrected chi connectivity index (χ1v) is 9.30. The number of rotatable bonds is 5. The lowest BCUT2D eigenvalue weighted by Crippen LogP contribution is -2.27. The van der Waals surface area contributed by atoms with Crippen LogP contribution in [0.1, 0.15) is 0 Å². The van der Waals surface area contributed by atoms with Gasteiger partial charge in [-0.25, -0.2) is 0 Å². The molecule has 0 unspecified atom stereocenters. The molecule has 0 spiro atoms. The van der Waals surface area contributed by atoms with Crippen molar-refractivity contribution in [1.82, 2.24) is 9.47 Å². The van der Waals surface area contributed by atoms with Gasteiger partial charge in [0.1, 0.15) is 0 Å². The van der Waals surface area contributed by atoms with Crippen LogP contribution in [0.2, 0.25) is 0 Å². The van der Waals surface area contributed by atoms with Crippen molar-refractivity contribution in [2.24, 2.45) is 0 Å². The normalized spacial score (nSPS) is 11.6. The molecular formula is C23H24N2O3. The van der Waals surface area contributed by atoms with Gasteiger partial charge in [0.25, 0.3) is 5.56 Å². The Kier molecular flexibility index (Phi) is 4.69. The molecule has 0 radical (unpaired) electrons. The number of nitrogens with zero attached hydrogens (tertiary/aromatic N) is 2. The predicted octanol–water partition coefficient (Wildman–Crippen LogP) is 3.89. The summed E-state index contributed by atoms with van der Waals surface area (Å²) in [7, 11) is 7.18. The first kappa shape index (κ1) is 18.3. The minimum atomic E-state index is -0.0588. The smallest absolute Gasteiger partial charge is 0.262 e. The van der Waals surface area contributed by atoms with E-state index in [9.17, 15) is 4.79 Å². The van der Waals surface area contributed by atoms with Crippen LogP contribution in [0.25, 0.3) is 32.4 Å². The van der Waals surface area contributed by atoms with Gasteiger partial charge in [-0.2, -0.15) is 0 Å². The maximum Gasteiger partial charge on any atom is 0.262 e. The Morgan fingerprint density at radius 1 is 0.893 bits per heavy atom. The van der Waals surface area contributed by atoms with Gasteiger partial charge >= 0.3 is 0 Å². The summed E-state index contributed by atoms with van der Waals surface area (Å²) >= 11 is 0. The van der Waals surface area contributed by atoms with Gasteiger partial charge in [0, 0.05) is 29.2 Å². The van der Waals surface area contributed by atoms with E-state index in [0.29, 0.717) is 23.4 Å². The highest BCUT2D eigenvalue weighted by Gasteiger charge is 2.19. The first-order chi connectivity index (χ1) is 13.6. The maximum absolute atomic E-state index is 13.7. The molecule has 0 atom stereocenters. The van der Waals surface area contributed by atoms with Crippen LogP contribution >= 0.6 is 0 Å². The SMILES string of the molecule is COc1ccc2c(c1OC)c(=O)n(CCN(C)C)c1c3ccccc3ccc21. The van der Waals surface area contributed by atoms with Crippen molar-refractivity contribution in [3.63, 3.8) is 0 Å². The number of pyridine rings is 1. The largest absolute Gasteiger partial charge is 0.493 e. The Bertz CT molecular complexity index is 1240. The van der Waals surface area contributed by atoms with Gasteiger partial charge in [0.2, 0.25) is 0 Å². The van der Waals surface area contributed by atoms with Crippen molar-refractivity contribution in [1.29, 1.82) is 0 Å². The van der Waals surface area contributed by atoms with E-state index in [2.05, 4.69) is 29.2 Å². The van der Waals surface area contributed by atoms with Crippen molar-refractivity contribution in [3.05, 3.63) is 58.9 Å². The third-order valence-corrected chi connectivity index (χ3v) is 5.24. The molecule has 0 fully saturated rings. The number of methoxy groups -OCH3 is 2. The molecule has 0 aliphatic carbocycles. The van der Waals surface area contributed by atoms with E-state index in [4.69, 9.17) is 9.47 Å². The molecule has 0 N–H and O–H groups in total. The second kappa shape index (κ2) is 7.17. The Balaban J connectivity index is 2.23. The molecule has 4 aromatic rings. The van der Waals surface area contributed by atoms with Gasteiger partial charge in [-0.3, -0.25) is 4.79 Å². The van der Waals surface area contributed by atoms with Gasteiger partial charge in [0.15, 0.2) is 11.5 Å². The number of aromatic nitrogens is 1. The van der Waals surface area contributed by atoms with Crippen LogP contribution in [0.3, 0.4) is 0 Å². The summed E-state index contributed by atoms with van der Waals surface area (Å²) in [5.41, 5.74) is 0.904. The molecule has 0 amide bonds. The van der Waals surface area contributed by atoms with Crippen LogP contribution in [-0.2, 0) is 6.54 Å². The minimum absolute atomic E-state index is 0.0588. The van der Waals surface area contributed by atoms with Gasteiger partial charge in [0.05, 0.1) is 25.1 Å². The average Bonchev–Trinajstić information content (AvgIpc) is 2.72. The molecule has 1 aromatic heterocycles. The summed E-state index contributed by atoms with van der Waals surface area (Å²) in [4.78, 5) is 15.7. The molecule has 28 heavy (non-hydrogen) atoms. The summed E-state index contributed by atoms with van der Waals surface area (Å²) in [5, 5.41) is 4.67. The van der Waals surface area contributed by atoms with E-state index in [-0.39, 0.29) is 5.56 Å². The third-order valence-electron chi connectivity index (χ3n) is 5.24. The summed E-state index contributed by atoms with van der Waals surface area (Å²) in [5.74, 6) is 1.05. The molecule has 0 saturated carbocycles. The van der Waals surface area contributed by atoms with E-state index in [1.54, 1.807) is 14.2 Å². The van der Waals surface area contributed by atoms with Crippen LogP contribution in [0.15, 0.2) is 53.3 Å². The van der Waals surface area contributed by atoms with Gasteiger partial charge in [-0.05, 0) is 31.6 Å². The number of ether oxygens (including phenoxy) is 2. The van der Waals surface area contributed by atoms with Crippen molar-refractivity contribution < 1.29 is 9.47 Å². The highest BCUT2D eigenvalue weighted by atomic mass is 16.5. The quantitative estimate of drug-likeness (QED) is 0.496. The highest BCUT2D eigenvalue weighted by Crippen LogP contribution is 2.38. The number of hydrogen-bond donors (Lipinski definition) is 0. The Morgan fingerprint density at radius 2 is 1.64 bits per heavy atom. The number of likely N-dealkylation sites (N-methyl/N-ethyl adjacent to an activating group) is 1. The monoisotopic (exact) mass is 376 g/mol. The van der Waals surface area contributed by atoms with Crippen molar-refractivity contribution in [2.45, 2.75) is 6.54 Å². The van der Waals surface area contributed by atoms with E-state index in [0.717, 1.165) is 33.6 Å². The van der Waals surface area contributed by atoms with Crippen LogP contribution in [0.4, 0.5) is 0 Å². The molecule has 0 aliphatic rings. The second-order valence-electron chi connectivity index (χ2n) is 7.17. The Hall–Kier alpha value is -3.05. The fourth-order valence-electron chi connectivity index (χ4n) is 3.88. The fraction of sp³-hybridized carbons (Fsp3) is 0.261. The Labute approximate surface area is 163 Å². The molecule has 5 heteroatoms. The number of fused-ring (bicyclic) bond motifs is 5. The lowest BCUT2D eigenvalue weighted by molar-refractivity contribution is 0.358. The van der Waals surface area contributed by atoms with Gasteiger partial charge in [-0.1, -0.05) is 36.4 Å². The molecule has 0 aliphatic heterocycles. The van der Waals surface area contributed by atoms with Crippen LogP contribution < -0.4 is 15.0 Å². The molecule has 0 bridgehead atoms. The van der Waals surface area contributed by atoms with Gasteiger partial charge in [-0.15, -0.1) is 0 Å². The summed E-state index contributed by atoms with van der Waals surface area (Å²) < 4.78 is 12.9. The first-order valence-electron chi connectivity index (χ1n) is 9.30. The molecule has 1 heterocycles. The predicted molar refractivity (Wildman–Crippen MR) is 115 cm³/mol.